The molecule has 1 fully saturated rings. The van der Waals surface area contributed by atoms with Gasteiger partial charge < -0.3 is 20.4 Å². The summed E-state index contributed by atoms with van der Waals surface area (Å²) in [6.45, 7) is 4.64. The molecular formula is C25H32N3O4S+. The molecule has 2 heterocycles. The Morgan fingerprint density at radius 3 is 2.21 bits per heavy atom. The van der Waals surface area contributed by atoms with Crippen LogP contribution in [0, 0.1) is 0 Å². The number of rotatable bonds is 9. The molecule has 8 heteroatoms. The molecule has 3 unspecified atom stereocenters. The van der Waals surface area contributed by atoms with Gasteiger partial charge in [0.25, 0.3) is 5.91 Å². The van der Waals surface area contributed by atoms with Crippen molar-refractivity contribution in [3.8, 4) is 0 Å². The summed E-state index contributed by atoms with van der Waals surface area (Å²) in [7, 11) is 0. The zero-order chi connectivity index (χ0) is 23.8. The van der Waals surface area contributed by atoms with Crippen LogP contribution in [0.15, 0.2) is 48.8 Å². The summed E-state index contributed by atoms with van der Waals surface area (Å²) >= 11 is 1.23. The van der Waals surface area contributed by atoms with Crippen molar-refractivity contribution in [1.29, 1.82) is 0 Å². The lowest BCUT2D eigenvalue weighted by atomic mass is 10.1. The van der Waals surface area contributed by atoms with E-state index in [1.807, 2.05) is 77.3 Å². The Hall–Kier alpha value is -2.68. The Kier molecular flexibility index (Phi) is 9.05. The van der Waals surface area contributed by atoms with E-state index in [1.165, 1.54) is 18.7 Å². The Morgan fingerprint density at radius 1 is 1.09 bits per heavy atom. The molecule has 1 aromatic heterocycles. The number of β-amino-alcohol motifs (C(OH)–C–C–N with tert-alkyl or cyclic N) is 2. The molecule has 0 radical (unpaired) electrons. The monoisotopic (exact) mass is 470 g/mol. The third-order valence-electron chi connectivity index (χ3n) is 5.57. The molecule has 33 heavy (non-hydrogen) atoms. The van der Waals surface area contributed by atoms with E-state index in [0.29, 0.717) is 18.8 Å². The number of hydrogen-bond acceptors (Lipinski definition) is 6. The summed E-state index contributed by atoms with van der Waals surface area (Å²) in [5, 5.41) is 22.5. The van der Waals surface area contributed by atoms with Gasteiger partial charge in [0.05, 0.1) is 12.2 Å². The lowest BCUT2D eigenvalue weighted by Gasteiger charge is -2.17. The zero-order valence-electron chi connectivity index (χ0n) is 19.1. The number of carbonyl (C=O) groups excluding carboxylic acids is 2. The van der Waals surface area contributed by atoms with E-state index in [1.54, 1.807) is 0 Å². The minimum absolute atomic E-state index is 0.0128. The number of aromatic nitrogens is 1. The van der Waals surface area contributed by atoms with Crippen LogP contribution in [0.2, 0.25) is 0 Å². The van der Waals surface area contributed by atoms with Gasteiger partial charge in [-0.25, -0.2) is 0 Å². The predicted octanol–water partition coefficient (Wildman–Crippen LogP) is 1.86. The first kappa shape index (κ1) is 25.0. The zero-order valence-corrected chi connectivity index (χ0v) is 19.9. The predicted molar refractivity (Wildman–Crippen MR) is 132 cm³/mol. The van der Waals surface area contributed by atoms with Crippen molar-refractivity contribution in [3.05, 3.63) is 59.9 Å². The quantitative estimate of drug-likeness (QED) is 0.485. The maximum atomic E-state index is 12.3. The van der Waals surface area contributed by atoms with Gasteiger partial charge in [-0.3, -0.25) is 9.59 Å². The topological polar surface area (TPSA) is 93.8 Å². The highest BCUT2D eigenvalue weighted by atomic mass is 32.2. The van der Waals surface area contributed by atoms with Crippen molar-refractivity contribution in [1.82, 2.24) is 5.32 Å². The molecule has 2 aromatic rings. The van der Waals surface area contributed by atoms with Crippen molar-refractivity contribution in [3.63, 3.8) is 0 Å². The second-order valence-electron chi connectivity index (χ2n) is 8.24. The Bertz CT molecular complexity index is 953. The maximum absolute atomic E-state index is 12.3. The molecular weight excluding hydrogens is 438 g/mol. The highest BCUT2D eigenvalue weighted by Crippen LogP contribution is 2.22. The van der Waals surface area contributed by atoms with Crippen LogP contribution in [0.4, 0.5) is 5.69 Å². The summed E-state index contributed by atoms with van der Waals surface area (Å²) in [6, 6.07) is 11.9. The highest BCUT2D eigenvalue weighted by molar-refractivity contribution is 8.13. The van der Waals surface area contributed by atoms with Crippen LogP contribution < -0.4 is 14.8 Å². The number of thioether (sulfide) groups is 1. The number of aliphatic hydroxyl groups excluding tert-OH is 2. The molecule has 3 rings (SSSR count). The van der Waals surface area contributed by atoms with Crippen molar-refractivity contribution in [2.45, 2.75) is 45.1 Å². The van der Waals surface area contributed by atoms with Gasteiger partial charge in [0, 0.05) is 49.6 Å². The van der Waals surface area contributed by atoms with E-state index < -0.39 is 12.2 Å². The molecule has 1 saturated heterocycles. The van der Waals surface area contributed by atoms with Gasteiger partial charge in [-0.15, -0.1) is 0 Å². The Morgan fingerprint density at radius 2 is 1.67 bits per heavy atom. The smallest absolute Gasteiger partial charge is 0.286 e. The molecule has 0 saturated carbocycles. The van der Waals surface area contributed by atoms with Gasteiger partial charge in [-0.1, -0.05) is 43.0 Å². The van der Waals surface area contributed by atoms with Gasteiger partial charge in [0.2, 0.25) is 6.54 Å². The molecule has 3 N–H and O–H groups in total. The van der Waals surface area contributed by atoms with Gasteiger partial charge in [0.15, 0.2) is 17.5 Å². The number of carbonyl (C=O) groups is 2. The highest BCUT2D eigenvalue weighted by Gasteiger charge is 2.29. The summed E-state index contributed by atoms with van der Waals surface area (Å²) in [5.74, 6) is 0.520. The minimum Gasteiger partial charge on any atom is -0.389 e. The summed E-state index contributed by atoms with van der Waals surface area (Å²) in [6.07, 6.45) is 7.15. The second kappa shape index (κ2) is 12.0. The van der Waals surface area contributed by atoms with Crippen LogP contribution in [-0.2, 0) is 16.1 Å². The van der Waals surface area contributed by atoms with E-state index >= 15 is 0 Å². The van der Waals surface area contributed by atoms with E-state index in [0.717, 1.165) is 23.2 Å². The van der Waals surface area contributed by atoms with Crippen LogP contribution in [-0.4, -0.2) is 58.3 Å². The van der Waals surface area contributed by atoms with Crippen molar-refractivity contribution in [2.75, 3.05) is 23.7 Å². The molecule has 3 atom stereocenters. The molecule has 0 bridgehead atoms. The van der Waals surface area contributed by atoms with Crippen LogP contribution in [0.3, 0.4) is 0 Å². The standard InChI is InChI=1S/C25H31N3O4S/c1-3-21(17-33-18(2)29)26-25(32)16-27-12-10-20(11-13-27)5-4-19-6-8-22(9-7-19)28-14-23(30)24(31)15-28/h4-13,21,23-24,30-31H,3,14-17H2,1-2H3/p+1. The van der Waals surface area contributed by atoms with Crippen LogP contribution in [0.1, 0.15) is 31.4 Å². The van der Waals surface area contributed by atoms with Crippen molar-refractivity contribution >= 4 is 40.6 Å². The molecule has 7 nitrogen and oxygen atoms in total. The number of aliphatic hydroxyl groups is 2. The van der Waals surface area contributed by atoms with Crippen LogP contribution >= 0.6 is 11.8 Å². The first-order valence-electron chi connectivity index (χ1n) is 11.1. The molecule has 1 aromatic carbocycles. The number of nitrogens with zero attached hydrogens (tertiary/aromatic N) is 2. The van der Waals surface area contributed by atoms with E-state index in [-0.39, 0.29) is 23.6 Å². The fraction of sp³-hybridized carbons (Fsp3) is 0.400. The lowest BCUT2D eigenvalue weighted by Crippen LogP contribution is -2.46. The number of hydrogen-bond donors (Lipinski definition) is 3. The molecule has 176 valence electrons. The number of anilines is 1. The van der Waals surface area contributed by atoms with Crippen molar-refractivity contribution < 1.29 is 24.4 Å². The molecule has 0 aliphatic carbocycles. The summed E-state index contributed by atoms with van der Waals surface area (Å²) in [4.78, 5) is 25.4. The number of pyridine rings is 1. The first-order valence-corrected chi connectivity index (χ1v) is 12.1. The fourth-order valence-corrected chi connectivity index (χ4v) is 4.33. The van der Waals surface area contributed by atoms with Crippen LogP contribution in [0.5, 0.6) is 0 Å². The molecule has 1 aliphatic heterocycles. The Balaban J connectivity index is 1.50. The van der Waals surface area contributed by atoms with E-state index in [9.17, 15) is 19.8 Å². The SMILES string of the molecule is CCC(CSC(C)=O)NC(=O)C[n+]1ccc(/C=C/c2ccc(N3CC(O)C(O)C3)cc2)cc1. The first-order chi connectivity index (χ1) is 15.8. The number of nitrogens with one attached hydrogen (secondary N) is 1. The maximum Gasteiger partial charge on any atom is 0.286 e. The summed E-state index contributed by atoms with van der Waals surface area (Å²) < 4.78 is 1.82. The number of amides is 1. The number of benzene rings is 1. The largest absolute Gasteiger partial charge is 0.389 e. The van der Waals surface area contributed by atoms with Gasteiger partial charge >= 0.3 is 0 Å². The lowest BCUT2D eigenvalue weighted by molar-refractivity contribution is -0.684. The average molecular weight is 471 g/mol. The average Bonchev–Trinajstić information content (AvgIpc) is 3.14. The van der Waals surface area contributed by atoms with E-state index in [4.69, 9.17) is 0 Å². The normalized spacial score (nSPS) is 19.1. The Labute approximate surface area is 199 Å². The third kappa shape index (κ3) is 7.70. The fourth-order valence-electron chi connectivity index (χ4n) is 3.57. The summed E-state index contributed by atoms with van der Waals surface area (Å²) in [5.41, 5.74) is 3.04. The van der Waals surface area contributed by atoms with Crippen molar-refractivity contribution in [2.24, 2.45) is 0 Å². The van der Waals surface area contributed by atoms with Crippen LogP contribution in [0.25, 0.3) is 12.2 Å². The molecule has 1 aliphatic rings. The molecule has 1 amide bonds. The van der Waals surface area contributed by atoms with Gasteiger partial charge in [-0.05, 0) is 29.7 Å². The molecule has 0 spiro atoms. The van der Waals surface area contributed by atoms with Gasteiger partial charge in [-0.2, -0.15) is 4.57 Å². The van der Waals surface area contributed by atoms with E-state index in [2.05, 4.69) is 5.32 Å². The third-order valence-corrected chi connectivity index (χ3v) is 6.55. The second-order valence-corrected chi connectivity index (χ2v) is 9.44. The minimum atomic E-state index is -0.699. The van der Waals surface area contributed by atoms with Gasteiger partial charge in [0.1, 0.15) is 0 Å².